The summed E-state index contributed by atoms with van der Waals surface area (Å²) in [5.41, 5.74) is 1.08. The minimum absolute atomic E-state index is 0.250. The van der Waals surface area contributed by atoms with Crippen LogP contribution in [0, 0.1) is 5.92 Å². The van der Waals surface area contributed by atoms with Crippen LogP contribution in [0.1, 0.15) is 37.7 Å². The van der Waals surface area contributed by atoms with E-state index < -0.39 is 0 Å². The number of ether oxygens (including phenoxy) is 2. The molecule has 174 valence electrons. The molecule has 31 heavy (non-hydrogen) atoms. The van der Waals surface area contributed by atoms with E-state index in [-0.39, 0.29) is 12.9 Å². The largest absolute Gasteiger partial charge is 0.496 e. The average molecular weight is 457 g/mol. The second-order valence-electron chi connectivity index (χ2n) is 7.96. The highest BCUT2D eigenvalue weighted by Crippen LogP contribution is 2.35. The highest BCUT2D eigenvalue weighted by molar-refractivity contribution is 6.31. The molecule has 8 nitrogen and oxygen atoms in total. The van der Waals surface area contributed by atoms with E-state index in [2.05, 4.69) is 9.80 Å². The van der Waals surface area contributed by atoms with E-state index in [0.717, 1.165) is 54.2 Å². The molecule has 0 saturated carbocycles. The Kier molecular flexibility index (Phi) is 10.9. The maximum absolute atomic E-state index is 8.36. The molecule has 4 fully saturated rings. The Hall–Kier alpha value is -2.03. The van der Waals surface area contributed by atoms with Crippen molar-refractivity contribution in [3.63, 3.8) is 0 Å². The first kappa shape index (κ1) is 25.2. The molecule has 4 heterocycles. The summed E-state index contributed by atoms with van der Waals surface area (Å²) in [5, 5.41) is 14.5. The lowest BCUT2D eigenvalue weighted by atomic mass is 9.83. The van der Waals surface area contributed by atoms with Crippen molar-refractivity contribution >= 4 is 24.5 Å². The Bertz CT molecular complexity index is 685. The number of carbonyl (C=O) groups is 2. The van der Waals surface area contributed by atoms with E-state index >= 15 is 0 Å². The molecule has 1 unspecified atom stereocenters. The van der Waals surface area contributed by atoms with Crippen molar-refractivity contribution in [2.24, 2.45) is 5.92 Å². The molecule has 1 aromatic carbocycles. The monoisotopic (exact) mass is 456 g/mol. The van der Waals surface area contributed by atoms with Gasteiger partial charge in [-0.15, -0.1) is 0 Å². The molecule has 9 heteroatoms. The zero-order valence-corrected chi connectivity index (χ0v) is 18.8. The van der Waals surface area contributed by atoms with E-state index in [1.165, 1.54) is 45.2 Å². The van der Waals surface area contributed by atoms with Crippen LogP contribution in [0.25, 0.3) is 0 Å². The molecule has 0 aromatic heterocycles. The summed E-state index contributed by atoms with van der Waals surface area (Å²) in [6.07, 6.45) is 6.56. The van der Waals surface area contributed by atoms with Crippen LogP contribution in [0.4, 0.5) is 0 Å². The Balaban J connectivity index is 0.000000513. The fourth-order valence-electron chi connectivity index (χ4n) is 4.62. The maximum atomic E-state index is 8.36. The standard InChI is InChI=1S/C20H29ClN2O2.2CH2O2/c1-24-20-12-17(11-19(21)18(20)13-22-6-2-3-7-22)25-14-16-10-15-4-8-23(16)9-5-15;2*2-1-3/h11-12,15-16H,2-10,13-14H2,1H3;2*1H,(H,2,3). The number of hydrogen-bond donors (Lipinski definition) is 2. The van der Waals surface area contributed by atoms with Crippen LogP contribution in [0.3, 0.4) is 0 Å². The van der Waals surface area contributed by atoms with Crippen molar-refractivity contribution in [1.82, 2.24) is 9.80 Å². The highest BCUT2D eigenvalue weighted by Gasteiger charge is 2.33. The zero-order chi connectivity index (χ0) is 22.6. The molecule has 4 aliphatic rings. The number of piperidine rings is 3. The zero-order valence-electron chi connectivity index (χ0n) is 18.0. The molecule has 4 saturated heterocycles. The number of carboxylic acid groups (broad SMARTS) is 2. The summed E-state index contributed by atoms with van der Waals surface area (Å²) < 4.78 is 11.7. The molecule has 0 amide bonds. The molecule has 2 bridgehead atoms. The van der Waals surface area contributed by atoms with Crippen molar-refractivity contribution in [2.45, 2.75) is 44.7 Å². The van der Waals surface area contributed by atoms with Crippen LogP contribution in [-0.2, 0) is 16.1 Å². The van der Waals surface area contributed by atoms with Crippen LogP contribution >= 0.6 is 11.6 Å². The van der Waals surface area contributed by atoms with Crippen molar-refractivity contribution in [3.05, 3.63) is 22.7 Å². The van der Waals surface area contributed by atoms with Gasteiger partial charge in [-0.05, 0) is 70.3 Å². The van der Waals surface area contributed by atoms with Gasteiger partial charge in [0.1, 0.15) is 18.1 Å². The Morgan fingerprint density at radius 1 is 1.10 bits per heavy atom. The number of rotatable bonds is 6. The summed E-state index contributed by atoms with van der Waals surface area (Å²) in [4.78, 5) is 21.7. The highest BCUT2D eigenvalue weighted by atomic mass is 35.5. The van der Waals surface area contributed by atoms with Gasteiger partial charge in [0.2, 0.25) is 0 Å². The van der Waals surface area contributed by atoms with Gasteiger partial charge >= 0.3 is 0 Å². The average Bonchev–Trinajstić information content (AvgIpc) is 3.29. The maximum Gasteiger partial charge on any atom is 0.290 e. The van der Waals surface area contributed by atoms with Gasteiger partial charge in [0, 0.05) is 24.2 Å². The molecular weight excluding hydrogens is 424 g/mol. The first-order chi connectivity index (χ1) is 15.1. The third-order valence-corrected chi connectivity index (χ3v) is 6.48. The normalized spacial score (nSPS) is 24.3. The summed E-state index contributed by atoms with van der Waals surface area (Å²) in [6.45, 7) is 5.88. The Morgan fingerprint density at radius 3 is 2.23 bits per heavy atom. The van der Waals surface area contributed by atoms with Gasteiger partial charge in [-0.25, -0.2) is 0 Å². The van der Waals surface area contributed by atoms with E-state index in [9.17, 15) is 0 Å². The van der Waals surface area contributed by atoms with Crippen molar-refractivity contribution < 1.29 is 29.3 Å². The molecule has 2 N–H and O–H groups in total. The fraction of sp³-hybridized carbons (Fsp3) is 0.636. The number of nitrogens with zero attached hydrogens (tertiary/aromatic N) is 2. The smallest absolute Gasteiger partial charge is 0.290 e. The molecular formula is C22H33ClN2O6. The van der Waals surface area contributed by atoms with E-state index in [1.807, 2.05) is 12.1 Å². The van der Waals surface area contributed by atoms with Gasteiger partial charge in [0.25, 0.3) is 12.9 Å². The SMILES string of the molecule is COc1cc(OCC2CC3CCN2CC3)cc(Cl)c1CN1CCCC1.O=CO.O=CO. The second-order valence-corrected chi connectivity index (χ2v) is 8.37. The second kappa shape index (κ2) is 13.4. The van der Waals surface area contributed by atoms with Crippen LogP contribution in [0.15, 0.2) is 12.1 Å². The van der Waals surface area contributed by atoms with Gasteiger partial charge in [-0.3, -0.25) is 19.4 Å². The van der Waals surface area contributed by atoms with Crippen LogP contribution in [0.5, 0.6) is 11.5 Å². The fourth-order valence-corrected chi connectivity index (χ4v) is 4.88. The number of methoxy groups -OCH3 is 1. The number of halogens is 1. The van der Waals surface area contributed by atoms with Gasteiger partial charge in [-0.1, -0.05) is 11.6 Å². The Labute approximate surface area is 188 Å². The van der Waals surface area contributed by atoms with Crippen LogP contribution < -0.4 is 9.47 Å². The lowest BCUT2D eigenvalue weighted by molar-refractivity contribution is -0.123. The molecule has 0 aliphatic carbocycles. The lowest BCUT2D eigenvalue weighted by Crippen LogP contribution is -2.51. The van der Waals surface area contributed by atoms with Gasteiger partial charge < -0.3 is 19.7 Å². The molecule has 1 atom stereocenters. The van der Waals surface area contributed by atoms with Crippen molar-refractivity contribution in [2.75, 3.05) is 39.9 Å². The number of fused-ring (bicyclic) bond motifs is 3. The molecule has 0 spiro atoms. The number of likely N-dealkylation sites (tertiary alicyclic amines) is 1. The summed E-state index contributed by atoms with van der Waals surface area (Å²) in [7, 11) is 1.72. The van der Waals surface area contributed by atoms with Crippen LogP contribution in [-0.4, -0.2) is 78.9 Å². The van der Waals surface area contributed by atoms with E-state index in [4.69, 9.17) is 40.9 Å². The molecule has 0 radical (unpaired) electrons. The summed E-state index contributed by atoms with van der Waals surface area (Å²) in [5.74, 6) is 2.58. The lowest BCUT2D eigenvalue weighted by Gasteiger charge is -2.45. The molecule has 1 aromatic rings. The topological polar surface area (TPSA) is 99.5 Å². The predicted octanol–water partition coefficient (Wildman–Crippen LogP) is 3.21. The first-order valence-corrected chi connectivity index (χ1v) is 11.0. The summed E-state index contributed by atoms with van der Waals surface area (Å²) in [6, 6.07) is 4.53. The molecule has 4 aliphatic heterocycles. The predicted molar refractivity (Wildman–Crippen MR) is 118 cm³/mol. The quantitative estimate of drug-likeness (QED) is 0.629. The third kappa shape index (κ3) is 7.55. The summed E-state index contributed by atoms with van der Waals surface area (Å²) >= 11 is 6.58. The first-order valence-electron chi connectivity index (χ1n) is 10.7. The number of benzene rings is 1. The van der Waals surface area contributed by atoms with Crippen molar-refractivity contribution in [3.8, 4) is 11.5 Å². The Morgan fingerprint density at radius 2 is 1.71 bits per heavy atom. The van der Waals surface area contributed by atoms with Gasteiger partial charge in [-0.2, -0.15) is 0 Å². The van der Waals surface area contributed by atoms with E-state index in [0.29, 0.717) is 6.04 Å². The van der Waals surface area contributed by atoms with Crippen molar-refractivity contribution in [1.29, 1.82) is 0 Å². The molecule has 5 rings (SSSR count). The van der Waals surface area contributed by atoms with E-state index in [1.54, 1.807) is 7.11 Å². The minimum Gasteiger partial charge on any atom is -0.496 e. The third-order valence-electron chi connectivity index (χ3n) is 6.14. The van der Waals surface area contributed by atoms with Crippen LogP contribution in [0.2, 0.25) is 5.02 Å². The minimum atomic E-state index is -0.250. The van der Waals surface area contributed by atoms with Gasteiger partial charge in [0.05, 0.1) is 12.1 Å². The number of hydrogen-bond acceptors (Lipinski definition) is 6. The van der Waals surface area contributed by atoms with Gasteiger partial charge in [0.15, 0.2) is 0 Å².